The molecule has 1 atom stereocenters. The number of hydrogen-bond acceptors (Lipinski definition) is 2. The second-order valence-electron chi connectivity index (χ2n) is 4.46. The Morgan fingerprint density at radius 2 is 1.89 bits per heavy atom. The molecule has 0 saturated heterocycles. The first-order valence-corrected chi connectivity index (χ1v) is 7.79. The lowest BCUT2D eigenvalue weighted by Crippen LogP contribution is -2.36. The highest BCUT2D eigenvalue weighted by atomic mass is 32.2. The number of anilines is 1. The Balaban J connectivity index is 2.49. The first-order valence-electron chi connectivity index (χ1n) is 6.51. The van der Waals surface area contributed by atoms with Gasteiger partial charge < -0.3 is 4.90 Å². The van der Waals surface area contributed by atoms with Gasteiger partial charge in [0.05, 0.1) is 10.9 Å². The lowest BCUT2D eigenvalue weighted by Gasteiger charge is -2.25. The largest absolute Gasteiger partial charge is 0.311 e. The van der Waals surface area contributed by atoms with E-state index in [2.05, 4.69) is 18.2 Å². The number of carbonyl (C=O) groups excluding carboxylic acids is 1. The van der Waals surface area contributed by atoms with E-state index in [1.54, 1.807) is 11.8 Å². The Morgan fingerprint density at radius 1 is 1.21 bits per heavy atom. The molecule has 2 nitrogen and oxygen atoms in total. The van der Waals surface area contributed by atoms with Gasteiger partial charge in [0, 0.05) is 11.9 Å². The molecule has 0 aromatic heterocycles. The minimum absolute atomic E-state index is 0.0149. The number of benzene rings is 2. The van der Waals surface area contributed by atoms with Gasteiger partial charge in [0.2, 0.25) is 5.91 Å². The van der Waals surface area contributed by atoms with Crippen LogP contribution in [-0.2, 0) is 4.79 Å². The van der Waals surface area contributed by atoms with E-state index < -0.39 is 0 Å². The molecule has 1 unspecified atom stereocenters. The molecule has 100 valence electrons. The van der Waals surface area contributed by atoms with Gasteiger partial charge in [-0.1, -0.05) is 36.4 Å². The second-order valence-corrected chi connectivity index (χ2v) is 5.64. The zero-order chi connectivity index (χ0) is 13.8. The molecule has 0 aliphatic rings. The van der Waals surface area contributed by atoms with Crippen LogP contribution in [0, 0.1) is 0 Å². The predicted octanol–water partition coefficient (Wildman–Crippen LogP) is 3.94. The Hall–Kier alpha value is -1.48. The number of hydrogen-bond donors (Lipinski definition) is 0. The molecule has 0 heterocycles. The van der Waals surface area contributed by atoms with Crippen molar-refractivity contribution in [3.8, 4) is 0 Å². The van der Waals surface area contributed by atoms with Gasteiger partial charge in [-0.15, -0.1) is 0 Å². The molecule has 0 spiro atoms. The fourth-order valence-electron chi connectivity index (χ4n) is 2.21. The molecule has 0 radical (unpaired) electrons. The maximum atomic E-state index is 12.5. The zero-order valence-electron chi connectivity index (χ0n) is 11.6. The summed E-state index contributed by atoms with van der Waals surface area (Å²) >= 11 is 1.59. The van der Waals surface area contributed by atoms with Gasteiger partial charge in [-0.2, -0.15) is 11.8 Å². The average molecular weight is 273 g/mol. The molecule has 2 aromatic carbocycles. The van der Waals surface area contributed by atoms with Gasteiger partial charge in [0.15, 0.2) is 0 Å². The van der Waals surface area contributed by atoms with Crippen LogP contribution in [0.4, 0.5) is 5.69 Å². The van der Waals surface area contributed by atoms with Crippen molar-refractivity contribution in [1.29, 1.82) is 0 Å². The van der Waals surface area contributed by atoms with Gasteiger partial charge in [0.1, 0.15) is 0 Å². The second kappa shape index (κ2) is 6.11. The maximum Gasteiger partial charge on any atom is 0.239 e. The molecule has 1 amide bonds. The first kappa shape index (κ1) is 13.9. The molecule has 3 heteroatoms. The van der Waals surface area contributed by atoms with Crippen molar-refractivity contribution >= 4 is 34.1 Å². The quantitative estimate of drug-likeness (QED) is 0.841. The number of thioether (sulfide) groups is 1. The average Bonchev–Trinajstić information content (AvgIpc) is 2.47. The fourth-order valence-corrected chi connectivity index (χ4v) is 2.54. The lowest BCUT2D eigenvalue weighted by molar-refractivity contribution is -0.117. The number of rotatable bonds is 4. The molecule has 0 bridgehead atoms. The van der Waals surface area contributed by atoms with E-state index >= 15 is 0 Å². The Morgan fingerprint density at radius 3 is 2.58 bits per heavy atom. The van der Waals surface area contributed by atoms with Gasteiger partial charge >= 0.3 is 0 Å². The number of nitrogens with zero attached hydrogens (tertiary/aromatic N) is 1. The van der Waals surface area contributed by atoms with Crippen LogP contribution in [0.15, 0.2) is 42.5 Å². The summed E-state index contributed by atoms with van der Waals surface area (Å²) in [7, 11) is 0. The van der Waals surface area contributed by atoms with E-state index in [0.717, 1.165) is 11.1 Å². The van der Waals surface area contributed by atoms with Crippen molar-refractivity contribution in [3.63, 3.8) is 0 Å². The molecule has 0 fully saturated rings. The summed E-state index contributed by atoms with van der Waals surface area (Å²) in [6, 6.07) is 14.3. The van der Waals surface area contributed by atoms with E-state index in [1.807, 2.05) is 49.3 Å². The summed E-state index contributed by atoms with van der Waals surface area (Å²) in [5.74, 6) is 0.173. The van der Waals surface area contributed by atoms with E-state index in [4.69, 9.17) is 0 Å². The molecule has 0 aliphatic heterocycles. The first-order chi connectivity index (χ1) is 9.19. The van der Waals surface area contributed by atoms with E-state index in [0.29, 0.717) is 6.54 Å². The minimum Gasteiger partial charge on any atom is -0.311 e. The normalized spacial score (nSPS) is 12.4. The molecule has 0 N–H and O–H groups in total. The Bertz CT molecular complexity index is 576. The highest BCUT2D eigenvalue weighted by molar-refractivity contribution is 7.99. The summed E-state index contributed by atoms with van der Waals surface area (Å²) < 4.78 is 0. The van der Waals surface area contributed by atoms with E-state index in [-0.39, 0.29) is 11.2 Å². The van der Waals surface area contributed by atoms with Crippen molar-refractivity contribution in [3.05, 3.63) is 42.5 Å². The van der Waals surface area contributed by atoms with Crippen LogP contribution in [-0.4, -0.2) is 24.0 Å². The van der Waals surface area contributed by atoms with Crippen molar-refractivity contribution in [1.82, 2.24) is 0 Å². The summed E-state index contributed by atoms with van der Waals surface area (Å²) in [4.78, 5) is 14.3. The number of fused-ring (bicyclic) bond motifs is 1. The third-order valence-corrected chi connectivity index (χ3v) is 4.25. The maximum absolute atomic E-state index is 12.5. The molecule has 0 saturated carbocycles. The van der Waals surface area contributed by atoms with Crippen molar-refractivity contribution in [2.24, 2.45) is 0 Å². The van der Waals surface area contributed by atoms with Gasteiger partial charge in [-0.3, -0.25) is 4.79 Å². The summed E-state index contributed by atoms with van der Waals surface area (Å²) in [6.45, 7) is 4.67. The van der Waals surface area contributed by atoms with Crippen LogP contribution in [0.3, 0.4) is 0 Å². The van der Waals surface area contributed by atoms with E-state index in [9.17, 15) is 4.79 Å². The Labute approximate surface area is 118 Å². The Kier molecular flexibility index (Phi) is 4.48. The fraction of sp³-hybridized carbons (Fsp3) is 0.312. The lowest BCUT2D eigenvalue weighted by atomic mass is 10.1. The predicted molar refractivity (Wildman–Crippen MR) is 85.0 cm³/mol. The van der Waals surface area contributed by atoms with Crippen molar-refractivity contribution < 1.29 is 4.79 Å². The van der Waals surface area contributed by atoms with Crippen molar-refractivity contribution in [2.75, 3.05) is 17.7 Å². The van der Waals surface area contributed by atoms with E-state index in [1.165, 1.54) is 5.39 Å². The van der Waals surface area contributed by atoms with Crippen LogP contribution in [0.2, 0.25) is 0 Å². The molecule has 19 heavy (non-hydrogen) atoms. The summed E-state index contributed by atoms with van der Waals surface area (Å²) in [5, 5.41) is 2.29. The highest BCUT2D eigenvalue weighted by Gasteiger charge is 2.21. The SMILES string of the molecule is CCN(C(=O)C(C)SC)c1cccc2ccccc12. The topological polar surface area (TPSA) is 20.3 Å². The molecular weight excluding hydrogens is 254 g/mol. The monoisotopic (exact) mass is 273 g/mol. The minimum atomic E-state index is -0.0149. The van der Waals surface area contributed by atoms with Gasteiger partial charge in [-0.05, 0) is 31.6 Å². The van der Waals surface area contributed by atoms with Crippen LogP contribution in [0.1, 0.15) is 13.8 Å². The highest BCUT2D eigenvalue weighted by Crippen LogP contribution is 2.28. The van der Waals surface area contributed by atoms with Gasteiger partial charge in [0.25, 0.3) is 0 Å². The van der Waals surface area contributed by atoms with Crippen LogP contribution < -0.4 is 4.90 Å². The van der Waals surface area contributed by atoms with Crippen LogP contribution in [0.25, 0.3) is 10.8 Å². The molecule has 2 aromatic rings. The van der Waals surface area contributed by atoms with Crippen LogP contribution in [0.5, 0.6) is 0 Å². The third kappa shape index (κ3) is 2.76. The van der Waals surface area contributed by atoms with Crippen LogP contribution >= 0.6 is 11.8 Å². The van der Waals surface area contributed by atoms with Gasteiger partial charge in [-0.25, -0.2) is 0 Å². The molecule has 0 aliphatic carbocycles. The summed E-state index contributed by atoms with van der Waals surface area (Å²) in [5.41, 5.74) is 1.01. The van der Waals surface area contributed by atoms with Crippen molar-refractivity contribution in [2.45, 2.75) is 19.1 Å². The summed E-state index contributed by atoms with van der Waals surface area (Å²) in [6.07, 6.45) is 1.97. The smallest absolute Gasteiger partial charge is 0.239 e. The zero-order valence-corrected chi connectivity index (χ0v) is 12.4. The molecule has 2 rings (SSSR count). The number of amides is 1. The third-order valence-electron chi connectivity index (χ3n) is 3.34. The standard InChI is InChI=1S/C16H19NOS/c1-4-17(16(18)12(2)19-3)15-11-7-9-13-8-5-6-10-14(13)15/h5-12H,4H2,1-3H3. The molecular formula is C16H19NOS. The number of carbonyl (C=O) groups is 1.